The number of nitrogens with zero attached hydrogens (tertiary/aromatic N) is 3. The topological polar surface area (TPSA) is 61.6 Å². The van der Waals surface area contributed by atoms with Crippen LogP contribution in [-0.4, -0.2) is 48.7 Å². The maximum absolute atomic E-state index is 12.3. The van der Waals surface area contributed by atoms with Crippen molar-refractivity contribution in [1.82, 2.24) is 20.3 Å². The molecular formula is C17H24N4O2. The summed E-state index contributed by atoms with van der Waals surface area (Å²) in [6.45, 7) is 2.79. The molecule has 0 fully saturated rings. The quantitative estimate of drug-likeness (QED) is 0.889. The second-order valence-electron chi connectivity index (χ2n) is 5.86. The van der Waals surface area contributed by atoms with Gasteiger partial charge >= 0.3 is 6.03 Å². The van der Waals surface area contributed by atoms with E-state index in [2.05, 4.69) is 27.5 Å². The van der Waals surface area contributed by atoms with Crippen molar-refractivity contribution in [2.75, 3.05) is 27.7 Å². The largest absolute Gasteiger partial charge is 0.361 e. The van der Waals surface area contributed by atoms with Crippen molar-refractivity contribution in [3.8, 4) is 0 Å². The van der Waals surface area contributed by atoms with Gasteiger partial charge in [-0.1, -0.05) is 35.5 Å². The number of likely N-dealkylation sites (N-methyl/N-ethyl adjacent to an activating group) is 1. The number of nitrogens with one attached hydrogen (secondary N) is 1. The molecule has 0 aliphatic heterocycles. The normalized spacial score (nSPS) is 12.2. The van der Waals surface area contributed by atoms with Gasteiger partial charge in [0.2, 0.25) is 0 Å². The molecule has 1 atom stereocenters. The second kappa shape index (κ2) is 7.78. The lowest BCUT2D eigenvalue weighted by atomic mass is 10.1. The van der Waals surface area contributed by atoms with Crippen LogP contribution in [-0.2, 0) is 6.54 Å². The van der Waals surface area contributed by atoms with Crippen LogP contribution in [0.5, 0.6) is 0 Å². The molecule has 2 amide bonds. The zero-order valence-corrected chi connectivity index (χ0v) is 14.1. The van der Waals surface area contributed by atoms with Crippen molar-refractivity contribution in [2.24, 2.45) is 0 Å². The number of aryl methyl sites for hydroxylation is 1. The average molecular weight is 316 g/mol. The Morgan fingerprint density at radius 1 is 1.26 bits per heavy atom. The minimum absolute atomic E-state index is 0.128. The fraction of sp³-hybridized carbons (Fsp3) is 0.412. The molecule has 1 aromatic heterocycles. The van der Waals surface area contributed by atoms with E-state index in [-0.39, 0.29) is 12.1 Å². The van der Waals surface area contributed by atoms with Gasteiger partial charge in [-0.25, -0.2) is 4.79 Å². The van der Waals surface area contributed by atoms with Gasteiger partial charge in [-0.05, 0) is 26.6 Å². The Balaban J connectivity index is 1.91. The van der Waals surface area contributed by atoms with E-state index in [1.165, 1.54) is 5.56 Å². The second-order valence-corrected chi connectivity index (χ2v) is 5.86. The minimum Gasteiger partial charge on any atom is -0.361 e. The van der Waals surface area contributed by atoms with Crippen molar-refractivity contribution < 1.29 is 9.32 Å². The van der Waals surface area contributed by atoms with Crippen LogP contribution in [0.3, 0.4) is 0 Å². The number of amides is 2. The molecule has 6 heteroatoms. The molecular weight excluding hydrogens is 292 g/mol. The van der Waals surface area contributed by atoms with Crippen LogP contribution >= 0.6 is 0 Å². The maximum Gasteiger partial charge on any atom is 0.317 e. The highest BCUT2D eigenvalue weighted by atomic mass is 16.5. The lowest BCUT2D eigenvalue weighted by Crippen LogP contribution is -2.41. The highest BCUT2D eigenvalue weighted by molar-refractivity contribution is 5.73. The lowest BCUT2D eigenvalue weighted by Gasteiger charge is -2.26. The molecule has 1 aromatic carbocycles. The van der Waals surface area contributed by atoms with Gasteiger partial charge in [0.05, 0.1) is 12.6 Å². The zero-order chi connectivity index (χ0) is 16.8. The number of urea groups is 1. The number of benzene rings is 1. The van der Waals surface area contributed by atoms with Crippen LogP contribution in [0.1, 0.15) is 23.1 Å². The molecule has 0 saturated carbocycles. The molecule has 23 heavy (non-hydrogen) atoms. The monoisotopic (exact) mass is 316 g/mol. The van der Waals surface area contributed by atoms with Gasteiger partial charge in [0.1, 0.15) is 11.5 Å². The van der Waals surface area contributed by atoms with Crippen molar-refractivity contribution >= 4 is 6.03 Å². The van der Waals surface area contributed by atoms with Crippen molar-refractivity contribution in [2.45, 2.75) is 19.5 Å². The standard InChI is InChI=1S/C17H24N4O2/c1-13-10-15(19-23-13)12-21(4)17(22)18-11-16(20(2)3)14-8-6-5-7-9-14/h5-10,16H,11-12H2,1-4H3,(H,18,22). The van der Waals surface area contributed by atoms with E-state index in [1.54, 1.807) is 11.9 Å². The first-order chi connectivity index (χ1) is 11.0. The average Bonchev–Trinajstić information content (AvgIpc) is 2.93. The highest BCUT2D eigenvalue weighted by Gasteiger charge is 2.17. The number of hydrogen-bond acceptors (Lipinski definition) is 4. The van der Waals surface area contributed by atoms with Crippen LogP contribution in [0.15, 0.2) is 40.9 Å². The fourth-order valence-corrected chi connectivity index (χ4v) is 2.40. The first-order valence-corrected chi connectivity index (χ1v) is 7.60. The number of aromatic nitrogens is 1. The van der Waals surface area contributed by atoms with Gasteiger partial charge in [0, 0.05) is 19.7 Å². The molecule has 0 aliphatic carbocycles. The predicted octanol–water partition coefficient (Wildman–Crippen LogP) is 2.43. The summed E-state index contributed by atoms with van der Waals surface area (Å²) in [6, 6.07) is 12.0. The van der Waals surface area contributed by atoms with Crippen molar-refractivity contribution in [3.05, 3.63) is 53.4 Å². The first kappa shape index (κ1) is 17.0. The summed E-state index contributed by atoms with van der Waals surface area (Å²) >= 11 is 0. The third-order valence-corrected chi connectivity index (χ3v) is 3.68. The van der Waals surface area contributed by atoms with Crippen LogP contribution in [0.25, 0.3) is 0 Å². The van der Waals surface area contributed by atoms with Crippen LogP contribution < -0.4 is 5.32 Å². The van der Waals surface area contributed by atoms with Gasteiger partial charge in [-0.2, -0.15) is 0 Å². The van der Waals surface area contributed by atoms with E-state index >= 15 is 0 Å². The molecule has 0 saturated heterocycles. The zero-order valence-electron chi connectivity index (χ0n) is 14.1. The van der Waals surface area contributed by atoms with E-state index in [0.717, 1.165) is 11.5 Å². The number of carbonyl (C=O) groups is 1. The fourth-order valence-electron chi connectivity index (χ4n) is 2.40. The Hall–Kier alpha value is -2.34. The third-order valence-electron chi connectivity index (χ3n) is 3.68. The Kier molecular flexibility index (Phi) is 5.76. The van der Waals surface area contributed by atoms with E-state index < -0.39 is 0 Å². The summed E-state index contributed by atoms with van der Waals surface area (Å²) in [5, 5.41) is 6.88. The van der Waals surface area contributed by atoms with Gasteiger partial charge in [-0.3, -0.25) is 0 Å². The third kappa shape index (κ3) is 4.82. The molecule has 2 aromatic rings. The molecule has 1 unspecified atom stereocenters. The molecule has 6 nitrogen and oxygen atoms in total. The predicted molar refractivity (Wildman–Crippen MR) is 89.0 cm³/mol. The summed E-state index contributed by atoms with van der Waals surface area (Å²) in [5.74, 6) is 0.741. The van der Waals surface area contributed by atoms with Crippen molar-refractivity contribution in [3.63, 3.8) is 0 Å². The summed E-state index contributed by atoms with van der Waals surface area (Å²) in [4.78, 5) is 15.9. The molecule has 1 heterocycles. The summed E-state index contributed by atoms with van der Waals surface area (Å²) < 4.78 is 5.02. The molecule has 0 aliphatic rings. The van der Waals surface area contributed by atoms with Gasteiger partial charge in [-0.15, -0.1) is 0 Å². The van der Waals surface area contributed by atoms with Crippen LogP contribution in [0.2, 0.25) is 0 Å². The van der Waals surface area contributed by atoms with Crippen LogP contribution in [0.4, 0.5) is 4.79 Å². The highest BCUT2D eigenvalue weighted by Crippen LogP contribution is 2.16. The van der Waals surface area contributed by atoms with Crippen molar-refractivity contribution in [1.29, 1.82) is 0 Å². The van der Waals surface area contributed by atoms with Crippen LogP contribution in [0, 0.1) is 6.92 Å². The number of carbonyl (C=O) groups excluding carboxylic acids is 1. The number of rotatable bonds is 6. The Labute approximate surface area is 137 Å². The lowest BCUT2D eigenvalue weighted by molar-refractivity contribution is 0.199. The summed E-state index contributed by atoms with van der Waals surface area (Å²) in [5.41, 5.74) is 1.92. The molecule has 0 radical (unpaired) electrons. The van der Waals surface area contributed by atoms with Gasteiger partial charge in [0.25, 0.3) is 0 Å². The summed E-state index contributed by atoms with van der Waals surface area (Å²) in [7, 11) is 5.75. The minimum atomic E-state index is -0.131. The Morgan fingerprint density at radius 3 is 2.52 bits per heavy atom. The Bertz CT molecular complexity index is 625. The first-order valence-electron chi connectivity index (χ1n) is 7.60. The van der Waals surface area contributed by atoms with E-state index in [0.29, 0.717) is 13.1 Å². The molecule has 1 N–H and O–H groups in total. The molecule has 2 rings (SSSR count). The smallest absolute Gasteiger partial charge is 0.317 e. The van der Waals surface area contributed by atoms with E-state index in [4.69, 9.17) is 4.52 Å². The molecule has 0 bridgehead atoms. The molecule has 124 valence electrons. The van der Waals surface area contributed by atoms with E-state index in [1.807, 2.05) is 45.3 Å². The van der Waals surface area contributed by atoms with Gasteiger partial charge < -0.3 is 19.6 Å². The summed E-state index contributed by atoms with van der Waals surface area (Å²) in [6.07, 6.45) is 0. The Morgan fingerprint density at radius 2 is 1.96 bits per heavy atom. The SMILES string of the molecule is Cc1cc(CN(C)C(=O)NCC(c2ccccc2)N(C)C)no1. The number of hydrogen-bond donors (Lipinski definition) is 1. The van der Waals surface area contributed by atoms with E-state index in [9.17, 15) is 4.79 Å². The maximum atomic E-state index is 12.3. The molecule has 0 spiro atoms. The van der Waals surface area contributed by atoms with Gasteiger partial charge in [0.15, 0.2) is 0 Å².